The maximum absolute atomic E-state index is 13.7. The number of carbonyl (C=O) groups is 1. The van der Waals surface area contributed by atoms with Crippen LogP contribution < -0.4 is 26.0 Å². The zero-order valence-electron chi connectivity index (χ0n) is 24.0. The molecule has 2 aliphatic rings. The Kier molecular flexibility index (Phi) is 9.53. The predicted octanol–water partition coefficient (Wildman–Crippen LogP) is 3.40. The molecular weight excluding hydrogens is 599 g/mol. The van der Waals surface area contributed by atoms with Gasteiger partial charge in [0.15, 0.2) is 0 Å². The summed E-state index contributed by atoms with van der Waals surface area (Å²) in [6, 6.07) is 9.14. The first-order valence-corrected chi connectivity index (χ1v) is 15.6. The van der Waals surface area contributed by atoms with E-state index in [-0.39, 0.29) is 29.6 Å². The Morgan fingerprint density at radius 1 is 1.07 bits per heavy atom. The van der Waals surface area contributed by atoms with E-state index >= 15 is 0 Å². The van der Waals surface area contributed by atoms with Crippen LogP contribution in [0.3, 0.4) is 0 Å². The van der Waals surface area contributed by atoms with Gasteiger partial charge in [-0.3, -0.25) is 4.90 Å². The Labute approximate surface area is 253 Å². The van der Waals surface area contributed by atoms with Crippen molar-refractivity contribution in [3.8, 4) is 0 Å². The van der Waals surface area contributed by atoms with E-state index in [0.29, 0.717) is 42.1 Å². The van der Waals surface area contributed by atoms with Crippen LogP contribution in [0.25, 0.3) is 0 Å². The van der Waals surface area contributed by atoms with Crippen molar-refractivity contribution >= 4 is 39.2 Å². The molecule has 44 heavy (non-hydrogen) atoms. The lowest BCUT2D eigenvalue weighted by atomic mass is 10.1. The van der Waals surface area contributed by atoms with Crippen molar-refractivity contribution in [2.75, 3.05) is 62.3 Å². The largest absolute Gasteiger partial charge is 0.416 e. The molecule has 2 aromatic carbocycles. The first-order chi connectivity index (χ1) is 20.9. The van der Waals surface area contributed by atoms with Crippen LogP contribution in [0.1, 0.15) is 23.1 Å². The molecule has 0 aliphatic carbocycles. The number of amides is 2. The molecule has 0 saturated carbocycles. The number of nitrogens with one attached hydrogen (secondary N) is 5. The molecule has 5 N–H and O–H groups in total. The summed E-state index contributed by atoms with van der Waals surface area (Å²) in [5, 5.41) is 11.3. The van der Waals surface area contributed by atoms with Gasteiger partial charge in [-0.05, 0) is 55.4 Å². The molecule has 0 spiro atoms. The average Bonchev–Trinajstić information content (AvgIpc) is 2.97. The fourth-order valence-electron chi connectivity index (χ4n) is 4.84. The van der Waals surface area contributed by atoms with Crippen LogP contribution in [0, 0.1) is 0 Å². The number of sulfonamides is 1. The van der Waals surface area contributed by atoms with E-state index < -0.39 is 27.8 Å². The van der Waals surface area contributed by atoms with Crippen LogP contribution in [-0.4, -0.2) is 80.5 Å². The summed E-state index contributed by atoms with van der Waals surface area (Å²) in [4.78, 5) is 25.9. The molecule has 0 radical (unpaired) electrons. The summed E-state index contributed by atoms with van der Waals surface area (Å²) in [5.74, 6) is 0.619. The van der Waals surface area contributed by atoms with Crippen LogP contribution >= 0.6 is 0 Å². The first-order valence-electron chi connectivity index (χ1n) is 14.1. The third-order valence-electron chi connectivity index (χ3n) is 7.22. The molecule has 0 unspecified atom stereocenters. The molecule has 3 aromatic rings. The van der Waals surface area contributed by atoms with Crippen molar-refractivity contribution < 1.29 is 26.4 Å². The number of halogens is 3. The molecule has 12 nitrogen and oxygen atoms in total. The van der Waals surface area contributed by atoms with E-state index in [0.717, 1.165) is 38.3 Å². The standard InChI is InChI=1S/C28H34F3N9O3S/c1-39-8-10-40(11-9-39)18-19-12-21(28(29,30)31)14-23(13-19)37-27(41)34-17-20-16-33-26-36-22-4-2-5-24(15-22)44(42,43)35-7-3-6-32-25(20)38-26/h2,4-5,12-16,35H,3,6-11,17-18H2,1H3,(H2,34,37,41)(H2,32,33,36,38). The second-order valence-corrected chi connectivity index (χ2v) is 12.5. The van der Waals surface area contributed by atoms with Gasteiger partial charge in [0, 0.05) is 75.5 Å². The lowest BCUT2D eigenvalue weighted by Crippen LogP contribution is -2.43. The number of likely N-dealkylation sites (N-methyl/N-ethyl adjacent to an activating group) is 1. The van der Waals surface area contributed by atoms with Gasteiger partial charge in [0.25, 0.3) is 0 Å². The summed E-state index contributed by atoms with van der Waals surface area (Å²) in [6.07, 6.45) is -2.61. The lowest BCUT2D eigenvalue weighted by Gasteiger charge is -2.32. The molecule has 1 fully saturated rings. The van der Waals surface area contributed by atoms with Crippen LogP contribution in [-0.2, 0) is 29.3 Å². The summed E-state index contributed by atoms with van der Waals surface area (Å²) >= 11 is 0. The number of hydrogen-bond donors (Lipinski definition) is 5. The second kappa shape index (κ2) is 13.3. The first kappa shape index (κ1) is 31.4. The lowest BCUT2D eigenvalue weighted by molar-refractivity contribution is -0.137. The normalized spacial score (nSPS) is 17.6. The van der Waals surface area contributed by atoms with E-state index in [4.69, 9.17) is 0 Å². The number of urea groups is 1. The molecule has 0 atom stereocenters. The molecule has 3 heterocycles. The minimum Gasteiger partial charge on any atom is -0.370 e. The van der Waals surface area contributed by atoms with E-state index in [1.165, 1.54) is 18.3 Å². The monoisotopic (exact) mass is 633 g/mol. The Hall–Kier alpha value is -3.99. The molecule has 236 valence electrons. The Bertz CT molecular complexity index is 1600. The van der Waals surface area contributed by atoms with Crippen molar-refractivity contribution in [1.29, 1.82) is 0 Å². The molecule has 5 rings (SSSR count). The number of hydrogen-bond acceptors (Lipinski definition) is 9. The number of nitrogens with zero attached hydrogens (tertiary/aromatic N) is 4. The maximum Gasteiger partial charge on any atom is 0.416 e. The summed E-state index contributed by atoms with van der Waals surface area (Å²) in [6.45, 7) is 4.02. The fourth-order valence-corrected chi connectivity index (χ4v) is 5.96. The number of carbonyl (C=O) groups excluding carboxylic acids is 1. The molecular formula is C28H34F3N9O3S. The number of fused-ring (bicyclic) bond motifs is 4. The molecule has 1 saturated heterocycles. The van der Waals surface area contributed by atoms with Gasteiger partial charge in [0.2, 0.25) is 16.0 Å². The third kappa shape index (κ3) is 8.34. The average molecular weight is 634 g/mol. The van der Waals surface area contributed by atoms with Crippen LogP contribution in [0.4, 0.5) is 41.1 Å². The van der Waals surface area contributed by atoms with Gasteiger partial charge in [-0.15, -0.1) is 0 Å². The van der Waals surface area contributed by atoms with Gasteiger partial charge in [0.05, 0.1) is 10.5 Å². The fraction of sp³-hybridized carbons (Fsp3) is 0.393. The zero-order chi connectivity index (χ0) is 31.3. The Balaban J connectivity index is 1.28. The number of anilines is 4. The number of rotatable bonds is 5. The van der Waals surface area contributed by atoms with Crippen molar-refractivity contribution in [1.82, 2.24) is 29.8 Å². The quantitative estimate of drug-likeness (QED) is 0.286. The van der Waals surface area contributed by atoms with Crippen LogP contribution in [0.5, 0.6) is 0 Å². The number of piperazine rings is 1. The number of aromatic nitrogens is 2. The summed E-state index contributed by atoms with van der Waals surface area (Å²) < 4.78 is 68.8. The van der Waals surface area contributed by atoms with Gasteiger partial charge in [0.1, 0.15) is 5.82 Å². The maximum atomic E-state index is 13.7. The summed E-state index contributed by atoms with van der Waals surface area (Å²) in [7, 11) is -1.69. The molecule has 4 bridgehead atoms. The topological polar surface area (TPSA) is 144 Å². The third-order valence-corrected chi connectivity index (χ3v) is 8.68. The second-order valence-electron chi connectivity index (χ2n) is 10.7. The van der Waals surface area contributed by atoms with Gasteiger partial charge in [-0.1, -0.05) is 6.07 Å². The van der Waals surface area contributed by atoms with Crippen LogP contribution in [0.15, 0.2) is 53.6 Å². The highest BCUT2D eigenvalue weighted by atomic mass is 32.2. The minimum absolute atomic E-state index is 0.0241. The SMILES string of the molecule is CN1CCN(Cc2cc(NC(=O)NCc3cnc4nc3NCCCNS(=O)(=O)c3cccc(c3)N4)cc(C(F)(F)F)c2)CC1. The Morgan fingerprint density at radius 2 is 1.86 bits per heavy atom. The predicted molar refractivity (Wildman–Crippen MR) is 160 cm³/mol. The van der Waals surface area contributed by atoms with E-state index in [9.17, 15) is 26.4 Å². The molecule has 1 aromatic heterocycles. The van der Waals surface area contributed by atoms with Crippen molar-refractivity contribution in [3.05, 3.63) is 65.4 Å². The highest BCUT2D eigenvalue weighted by molar-refractivity contribution is 7.89. The van der Waals surface area contributed by atoms with E-state index in [2.05, 4.69) is 45.8 Å². The van der Waals surface area contributed by atoms with Crippen molar-refractivity contribution in [3.63, 3.8) is 0 Å². The molecule has 2 amide bonds. The molecule has 2 aliphatic heterocycles. The van der Waals surface area contributed by atoms with E-state index in [1.54, 1.807) is 18.2 Å². The number of alkyl halides is 3. The van der Waals surface area contributed by atoms with Crippen molar-refractivity contribution in [2.45, 2.75) is 30.6 Å². The minimum atomic E-state index is -4.57. The van der Waals surface area contributed by atoms with Gasteiger partial charge in [-0.2, -0.15) is 18.2 Å². The van der Waals surface area contributed by atoms with Crippen LogP contribution in [0.2, 0.25) is 0 Å². The van der Waals surface area contributed by atoms with Gasteiger partial charge >= 0.3 is 12.2 Å². The highest BCUT2D eigenvalue weighted by Gasteiger charge is 2.31. The van der Waals surface area contributed by atoms with Gasteiger partial charge < -0.3 is 26.2 Å². The summed E-state index contributed by atoms with van der Waals surface area (Å²) in [5.41, 5.74) is 0.649. The van der Waals surface area contributed by atoms with Crippen molar-refractivity contribution in [2.24, 2.45) is 0 Å². The number of benzene rings is 2. The van der Waals surface area contributed by atoms with E-state index in [1.807, 2.05) is 7.05 Å². The molecule has 16 heteroatoms. The highest BCUT2D eigenvalue weighted by Crippen LogP contribution is 2.32. The Morgan fingerprint density at radius 3 is 2.64 bits per heavy atom. The van der Waals surface area contributed by atoms with Gasteiger partial charge in [-0.25, -0.2) is 22.9 Å². The zero-order valence-corrected chi connectivity index (χ0v) is 24.9. The smallest absolute Gasteiger partial charge is 0.370 e.